The Balaban J connectivity index is 1.55. The summed E-state index contributed by atoms with van der Waals surface area (Å²) in [6.45, 7) is 0. The van der Waals surface area contributed by atoms with Gasteiger partial charge in [0.25, 0.3) is 0 Å². The van der Waals surface area contributed by atoms with Crippen LogP contribution in [0.25, 0.3) is 5.69 Å². The number of nitrogens with zero attached hydrogens (tertiary/aromatic N) is 3. The van der Waals surface area contributed by atoms with Crippen molar-refractivity contribution in [3.8, 4) is 5.69 Å². The second-order valence-corrected chi connectivity index (χ2v) is 5.85. The average molecular weight is 272 g/mol. The van der Waals surface area contributed by atoms with Crippen molar-refractivity contribution in [2.75, 3.05) is 5.32 Å². The summed E-state index contributed by atoms with van der Waals surface area (Å²) >= 11 is 0. The van der Waals surface area contributed by atoms with Crippen LogP contribution in [0.1, 0.15) is 25.7 Å². The first-order chi connectivity index (χ1) is 9.81. The van der Waals surface area contributed by atoms with Gasteiger partial charge in [-0.1, -0.05) is 0 Å². The first-order valence-corrected chi connectivity index (χ1v) is 7.22. The van der Waals surface area contributed by atoms with Gasteiger partial charge < -0.3 is 5.32 Å². The molecule has 20 heavy (non-hydrogen) atoms. The molecule has 0 saturated heterocycles. The normalized spacial score (nSPS) is 18.5. The van der Waals surface area contributed by atoms with E-state index in [0.717, 1.165) is 17.5 Å². The smallest absolute Gasteiger partial charge is 0.150 e. The number of aromatic nitrogens is 3. The fourth-order valence-corrected chi connectivity index (χ4v) is 2.84. The maximum absolute atomic E-state index is 14.2. The van der Waals surface area contributed by atoms with E-state index in [1.807, 2.05) is 6.07 Å². The molecule has 2 fully saturated rings. The molecule has 0 unspecified atom stereocenters. The molecule has 2 aromatic rings. The van der Waals surface area contributed by atoms with Gasteiger partial charge in [-0.05, 0) is 55.7 Å². The SMILES string of the molecule is Fc1cc(NC(C2CC2)C2CC2)ccc1-n1cncn1. The summed E-state index contributed by atoms with van der Waals surface area (Å²) in [7, 11) is 0. The van der Waals surface area contributed by atoms with Gasteiger partial charge in [0.05, 0.1) is 0 Å². The standard InChI is InChI=1S/C15H17FN4/c16-13-7-12(5-6-14(13)20-9-17-8-18-20)19-15(10-1-2-10)11-3-4-11/h5-11,15,19H,1-4H2. The molecule has 2 aliphatic carbocycles. The van der Waals surface area contributed by atoms with Crippen LogP contribution in [0, 0.1) is 17.7 Å². The van der Waals surface area contributed by atoms with E-state index in [2.05, 4.69) is 15.4 Å². The van der Waals surface area contributed by atoms with Gasteiger partial charge in [-0.15, -0.1) is 0 Å². The second-order valence-electron chi connectivity index (χ2n) is 5.85. The van der Waals surface area contributed by atoms with Crippen molar-refractivity contribution < 1.29 is 4.39 Å². The van der Waals surface area contributed by atoms with Gasteiger partial charge in [-0.25, -0.2) is 14.1 Å². The molecule has 4 nitrogen and oxygen atoms in total. The summed E-state index contributed by atoms with van der Waals surface area (Å²) in [5.41, 5.74) is 1.30. The van der Waals surface area contributed by atoms with E-state index in [4.69, 9.17) is 0 Å². The minimum absolute atomic E-state index is 0.272. The quantitative estimate of drug-likeness (QED) is 0.909. The monoisotopic (exact) mass is 272 g/mol. The van der Waals surface area contributed by atoms with Crippen molar-refractivity contribution in [1.82, 2.24) is 14.8 Å². The van der Waals surface area contributed by atoms with Crippen molar-refractivity contribution in [2.24, 2.45) is 11.8 Å². The highest BCUT2D eigenvalue weighted by Gasteiger charge is 2.41. The lowest BCUT2D eigenvalue weighted by Crippen LogP contribution is -2.24. The van der Waals surface area contributed by atoms with Crippen LogP contribution in [-0.2, 0) is 0 Å². The Labute approximate surface area is 117 Å². The zero-order chi connectivity index (χ0) is 13.5. The van der Waals surface area contributed by atoms with E-state index in [0.29, 0.717) is 11.7 Å². The van der Waals surface area contributed by atoms with Crippen molar-refractivity contribution >= 4 is 5.69 Å². The molecular weight excluding hydrogens is 255 g/mol. The number of rotatable bonds is 5. The van der Waals surface area contributed by atoms with E-state index in [1.165, 1.54) is 43.0 Å². The van der Waals surface area contributed by atoms with Crippen LogP contribution >= 0.6 is 0 Å². The molecule has 0 bridgehead atoms. The highest BCUT2D eigenvalue weighted by molar-refractivity contribution is 5.50. The molecular formula is C15H17FN4. The molecule has 2 aliphatic rings. The van der Waals surface area contributed by atoms with Crippen molar-refractivity contribution in [2.45, 2.75) is 31.7 Å². The molecule has 2 saturated carbocycles. The lowest BCUT2D eigenvalue weighted by Gasteiger charge is -2.19. The van der Waals surface area contributed by atoms with E-state index >= 15 is 0 Å². The molecule has 1 aromatic carbocycles. The molecule has 0 atom stereocenters. The number of anilines is 1. The second kappa shape index (κ2) is 4.58. The predicted molar refractivity (Wildman–Crippen MR) is 74.2 cm³/mol. The molecule has 4 rings (SSSR count). The van der Waals surface area contributed by atoms with E-state index in [-0.39, 0.29) is 5.82 Å². The van der Waals surface area contributed by atoms with Crippen LogP contribution in [-0.4, -0.2) is 20.8 Å². The first kappa shape index (κ1) is 11.9. The van der Waals surface area contributed by atoms with Crippen LogP contribution in [0.3, 0.4) is 0 Å². The van der Waals surface area contributed by atoms with Gasteiger partial charge in [0, 0.05) is 11.7 Å². The fourth-order valence-electron chi connectivity index (χ4n) is 2.84. The number of halogens is 1. The highest BCUT2D eigenvalue weighted by Crippen LogP contribution is 2.45. The van der Waals surface area contributed by atoms with Gasteiger partial charge in [-0.2, -0.15) is 5.10 Å². The van der Waals surface area contributed by atoms with Crippen LogP contribution in [0.2, 0.25) is 0 Å². The Hall–Kier alpha value is -1.91. The molecule has 1 heterocycles. The summed E-state index contributed by atoms with van der Waals surface area (Å²) in [6.07, 6.45) is 8.16. The number of hydrogen-bond acceptors (Lipinski definition) is 3. The lowest BCUT2D eigenvalue weighted by atomic mass is 10.1. The minimum atomic E-state index is -0.272. The Morgan fingerprint density at radius 1 is 1.20 bits per heavy atom. The molecule has 0 amide bonds. The summed E-state index contributed by atoms with van der Waals surface area (Å²) in [5, 5.41) is 7.49. The fraction of sp³-hybridized carbons (Fsp3) is 0.467. The van der Waals surface area contributed by atoms with Crippen LogP contribution in [0.5, 0.6) is 0 Å². The lowest BCUT2D eigenvalue weighted by molar-refractivity contribution is 0.565. The summed E-state index contributed by atoms with van der Waals surface area (Å²) in [6, 6.07) is 5.78. The third-order valence-corrected chi connectivity index (χ3v) is 4.21. The average Bonchev–Trinajstić information content (AvgIpc) is 3.37. The molecule has 0 aliphatic heterocycles. The van der Waals surface area contributed by atoms with Gasteiger partial charge >= 0.3 is 0 Å². The zero-order valence-corrected chi connectivity index (χ0v) is 11.2. The Bertz CT molecular complexity index is 590. The highest BCUT2D eigenvalue weighted by atomic mass is 19.1. The van der Waals surface area contributed by atoms with Gasteiger partial charge in [0.1, 0.15) is 18.3 Å². The Morgan fingerprint density at radius 3 is 2.50 bits per heavy atom. The molecule has 0 spiro atoms. The molecule has 1 aromatic heterocycles. The van der Waals surface area contributed by atoms with Gasteiger partial charge in [0.2, 0.25) is 0 Å². The van der Waals surface area contributed by atoms with Gasteiger partial charge in [-0.3, -0.25) is 0 Å². The zero-order valence-electron chi connectivity index (χ0n) is 11.2. The summed E-state index contributed by atoms with van der Waals surface area (Å²) in [5.74, 6) is 1.31. The third kappa shape index (κ3) is 2.28. The molecule has 5 heteroatoms. The molecule has 0 radical (unpaired) electrons. The summed E-state index contributed by atoms with van der Waals surface area (Å²) in [4.78, 5) is 3.84. The van der Waals surface area contributed by atoms with Crippen molar-refractivity contribution in [1.29, 1.82) is 0 Å². The molecule has 1 N–H and O–H groups in total. The maximum atomic E-state index is 14.2. The van der Waals surface area contributed by atoms with Crippen LogP contribution in [0.4, 0.5) is 10.1 Å². The van der Waals surface area contributed by atoms with Crippen molar-refractivity contribution in [3.05, 3.63) is 36.7 Å². The third-order valence-electron chi connectivity index (χ3n) is 4.21. The Morgan fingerprint density at radius 2 is 1.95 bits per heavy atom. The largest absolute Gasteiger partial charge is 0.382 e. The van der Waals surface area contributed by atoms with E-state index < -0.39 is 0 Å². The Kier molecular flexibility index (Phi) is 2.72. The van der Waals surface area contributed by atoms with E-state index in [9.17, 15) is 4.39 Å². The van der Waals surface area contributed by atoms with Crippen molar-refractivity contribution in [3.63, 3.8) is 0 Å². The number of nitrogens with one attached hydrogen (secondary N) is 1. The predicted octanol–water partition coefficient (Wildman–Crippen LogP) is 3.01. The van der Waals surface area contributed by atoms with Crippen LogP contribution in [0.15, 0.2) is 30.9 Å². The summed E-state index contributed by atoms with van der Waals surface area (Å²) < 4.78 is 15.6. The van der Waals surface area contributed by atoms with E-state index in [1.54, 1.807) is 12.1 Å². The number of benzene rings is 1. The maximum Gasteiger partial charge on any atom is 0.150 e. The minimum Gasteiger partial charge on any atom is -0.382 e. The van der Waals surface area contributed by atoms with Crippen LogP contribution < -0.4 is 5.32 Å². The molecule has 104 valence electrons. The topological polar surface area (TPSA) is 42.7 Å². The van der Waals surface area contributed by atoms with Gasteiger partial charge in [0.15, 0.2) is 5.82 Å². The number of hydrogen-bond donors (Lipinski definition) is 1. The first-order valence-electron chi connectivity index (χ1n) is 7.22.